The second kappa shape index (κ2) is 8.24. The molecule has 0 amide bonds. The maximum absolute atomic E-state index is 9.95. The first-order valence-corrected chi connectivity index (χ1v) is 7.86. The Labute approximate surface area is 119 Å². The highest BCUT2D eigenvalue weighted by Gasteiger charge is 2.22. The molecule has 0 fully saturated rings. The van der Waals surface area contributed by atoms with Crippen LogP contribution in [0.3, 0.4) is 0 Å². The van der Waals surface area contributed by atoms with Crippen molar-refractivity contribution in [2.24, 2.45) is 0 Å². The highest BCUT2D eigenvalue weighted by Crippen LogP contribution is 2.34. The Morgan fingerprint density at radius 3 is 2.11 bits per heavy atom. The van der Waals surface area contributed by atoms with Crippen molar-refractivity contribution in [3.63, 3.8) is 0 Å². The Hall–Kier alpha value is -0.980. The van der Waals surface area contributed by atoms with Gasteiger partial charge in [0.25, 0.3) is 0 Å². The molecule has 0 bridgehead atoms. The van der Waals surface area contributed by atoms with E-state index in [1.807, 2.05) is 12.1 Å². The number of hydrogen-bond donors (Lipinski definition) is 1. The van der Waals surface area contributed by atoms with Crippen LogP contribution in [-0.2, 0) is 5.41 Å². The van der Waals surface area contributed by atoms with Gasteiger partial charge in [-0.15, -0.1) is 0 Å². The van der Waals surface area contributed by atoms with E-state index in [1.54, 1.807) is 6.07 Å². The van der Waals surface area contributed by atoms with Crippen molar-refractivity contribution in [3.8, 4) is 5.75 Å². The van der Waals surface area contributed by atoms with Crippen molar-refractivity contribution in [2.75, 3.05) is 0 Å². The molecule has 1 aromatic carbocycles. The lowest BCUT2D eigenvalue weighted by Crippen LogP contribution is -2.17. The van der Waals surface area contributed by atoms with Crippen LogP contribution < -0.4 is 0 Å². The maximum atomic E-state index is 9.95. The first-order valence-electron chi connectivity index (χ1n) is 7.86. The molecule has 0 saturated carbocycles. The molecule has 1 heteroatoms. The van der Waals surface area contributed by atoms with Crippen LogP contribution in [-0.4, -0.2) is 5.11 Å². The van der Waals surface area contributed by atoms with Gasteiger partial charge in [0.05, 0.1) is 0 Å². The molecule has 0 aliphatic carbocycles. The lowest BCUT2D eigenvalue weighted by molar-refractivity contribution is 0.405. The van der Waals surface area contributed by atoms with E-state index in [9.17, 15) is 5.11 Å². The number of aromatic hydroxyl groups is 1. The monoisotopic (exact) mass is 262 g/mol. The lowest BCUT2D eigenvalue weighted by Gasteiger charge is -2.26. The lowest BCUT2D eigenvalue weighted by atomic mass is 9.79. The van der Waals surface area contributed by atoms with Gasteiger partial charge in [0, 0.05) is 0 Å². The van der Waals surface area contributed by atoms with Crippen molar-refractivity contribution in [1.82, 2.24) is 0 Å². The van der Waals surface area contributed by atoms with Crippen molar-refractivity contribution in [3.05, 3.63) is 29.8 Å². The quantitative estimate of drug-likeness (QED) is 0.557. The second-order valence-electron chi connectivity index (χ2n) is 6.27. The minimum absolute atomic E-state index is 0.0781. The number of phenols is 1. The van der Waals surface area contributed by atoms with E-state index in [0.29, 0.717) is 5.75 Å². The fourth-order valence-corrected chi connectivity index (χ4v) is 2.70. The van der Waals surface area contributed by atoms with E-state index >= 15 is 0 Å². The summed E-state index contributed by atoms with van der Waals surface area (Å²) in [6.07, 6.45) is 10.6. The molecule has 0 atom stereocenters. The van der Waals surface area contributed by atoms with Gasteiger partial charge in [-0.3, -0.25) is 0 Å². The number of rotatable bonds is 9. The van der Waals surface area contributed by atoms with Crippen molar-refractivity contribution < 1.29 is 5.11 Å². The van der Waals surface area contributed by atoms with E-state index in [0.717, 1.165) is 12.0 Å². The Bertz CT molecular complexity index is 354. The molecule has 0 aromatic heterocycles. The summed E-state index contributed by atoms with van der Waals surface area (Å²) >= 11 is 0. The molecule has 0 heterocycles. The number of benzene rings is 1. The number of phenolic OH excluding ortho intramolecular Hbond substituents is 1. The second-order valence-corrected chi connectivity index (χ2v) is 6.27. The molecule has 1 N–H and O–H groups in total. The molecule has 0 saturated heterocycles. The highest BCUT2D eigenvalue weighted by atomic mass is 16.3. The van der Waals surface area contributed by atoms with Crippen molar-refractivity contribution in [2.45, 2.75) is 77.6 Å². The fourth-order valence-electron chi connectivity index (χ4n) is 2.70. The van der Waals surface area contributed by atoms with E-state index < -0.39 is 0 Å². The van der Waals surface area contributed by atoms with Gasteiger partial charge in [-0.2, -0.15) is 0 Å². The molecule has 1 nitrogen and oxygen atoms in total. The van der Waals surface area contributed by atoms with Crippen LogP contribution in [0.5, 0.6) is 5.75 Å². The molecule has 1 rings (SSSR count). The van der Waals surface area contributed by atoms with Crippen LogP contribution >= 0.6 is 0 Å². The molecular weight excluding hydrogens is 232 g/mol. The van der Waals surface area contributed by atoms with Crippen LogP contribution in [0.15, 0.2) is 24.3 Å². The average molecular weight is 262 g/mol. The summed E-state index contributed by atoms with van der Waals surface area (Å²) in [5.41, 5.74) is 1.16. The topological polar surface area (TPSA) is 20.2 Å². The first kappa shape index (κ1) is 16.1. The van der Waals surface area contributed by atoms with Gasteiger partial charge in [-0.1, -0.05) is 83.9 Å². The summed E-state index contributed by atoms with van der Waals surface area (Å²) in [5.74, 6) is 0.440. The van der Waals surface area contributed by atoms with Crippen LogP contribution in [0, 0.1) is 0 Å². The van der Waals surface area contributed by atoms with Crippen LogP contribution in [0.1, 0.15) is 77.7 Å². The van der Waals surface area contributed by atoms with Gasteiger partial charge in [0.15, 0.2) is 0 Å². The molecule has 0 aliphatic rings. The predicted molar refractivity (Wildman–Crippen MR) is 83.7 cm³/mol. The molecule has 0 radical (unpaired) electrons. The third-order valence-corrected chi connectivity index (χ3v) is 4.04. The zero-order chi connectivity index (χ0) is 14.1. The summed E-state index contributed by atoms with van der Waals surface area (Å²) in [7, 11) is 0. The van der Waals surface area contributed by atoms with Gasteiger partial charge < -0.3 is 5.11 Å². The molecule has 0 spiro atoms. The molecule has 108 valence electrons. The average Bonchev–Trinajstić information content (AvgIpc) is 2.38. The number of hydrogen-bond acceptors (Lipinski definition) is 1. The Kier molecular flexibility index (Phi) is 6.97. The highest BCUT2D eigenvalue weighted by molar-refractivity contribution is 5.37. The normalized spacial score (nSPS) is 11.7. The fraction of sp³-hybridized carbons (Fsp3) is 0.667. The van der Waals surface area contributed by atoms with Gasteiger partial charge in [-0.05, 0) is 23.5 Å². The number of unbranched alkanes of at least 4 members (excludes halogenated alkanes) is 6. The van der Waals surface area contributed by atoms with E-state index in [2.05, 4.69) is 26.8 Å². The molecule has 0 unspecified atom stereocenters. The Balaban J connectivity index is 2.30. The number of para-hydroxylation sites is 1. The summed E-state index contributed by atoms with van der Waals surface area (Å²) < 4.78 is 0. The SMILES string of the molecule is CCCCCCCCCC(C)(C)c1ccccc1O. The zero-order valence-corrected chi connectivity index (χ0v) is 12.9. The summed E-state index contributed by atoms with van der Waals surface area (Å²) in [6, 6.07) is 7.75. The zero-order valence-electron chi connectivity index (χ0n) is 12.9. The van der Waals surface area contributed by atoms with Gasteiger partial charge in [0.2, 0.25) is 0 Å². The Morgan fingerprint density at radius 1 is 0.895 bits per heavy atom. The largest absolute Gasteiger partial charge is 0.508 e. The van der Waals surface area contributed by atoms with E-state index in [-0.39, 0.29) is 5.41 Å². The summed E-state index contributed by atoms with van der Waals surface area (Å²) in [4.78, 5) is 0. The minimum Gasteiger partial charge on any atom is -0.508 e. The van der Waals surface area contributed by atoms with Crippen molar-refractivity contribution in [1.29, 1.82) is 0 Å². The molecule has 1 aromatic rings. The first-order chi connectivity index (χ1) is 9.08. The molecular formula is C18H30O. The molecule has 19 heavy (non-hydrogen) atoms. The predicted octanol–water partition coefficient (Wildman–Crippen LogP) is 5.81. The maximum Gasteiger partial charge on any atom is 0.119 e. The minimum atomic E-state index is 0.0781. The third kappa shape index (κ3) is 5.67. The van der Waals surface area contributed by atoms with E-state index in [4.69, 9.17) is 0 Å². The van der Waals surface area contributed by atoms with Crippen LogP contribution in [0.4, 0.5) is 0 Å². The van der Waals surface area contributed by atoms with Gasteiger partial charge in [-0.25, -0.2) is 0 Å². The third-order valence-electron chi connectivity index (χ3n) is 4.04. The van der Waals surface area contributed by atoms with E-state index in [1.165, 1.54) is 44.9 Å². The summed E-state index contributed by atoms with van der Waals surface area (Å²) in [5, 5.41) is 9.95. The Morgan fingerprint density at radius 2 is 1.47 bits per heavy atom. The summed E-state index contributed by atoms with van der Waals surface area (Å²) in [6.45, 7) is 6.73. The molecule has 0 aliphatic heterocycles. The van der Waals surface area contributed by atoms with Crippen LogP contribution in [0.2, 0.25) is 0 Å². The standard InChI is InChI=1S/C18H30O/c1-4-5-6-7-8-9-12-15-18(2,3)16-13-10-11-14-17(16)19/h10-11,13-14,19H,4-9,12,15H2,1-3H3. The van der Waals surface area contributed by atoms with Crippen molar-refractivity contribution >= 4 is 0 Å². The van der Waals surface area contributed by atoms with Crippen LogP contribution in [0.25, 0.3) is 0 Å². The van der Waals surface area contributed by atoms with Gasteiger partial charge >= 0.3 is 0 Å². The smallest absolute Gasteiger partial charge is 0.119 e. The van der Waals surface area contributed by atoms with Gasteiger partial charge in [0.1, 0.15) is 5.75 Å².